The summed E-state index contributed by atoms with van der Waals surface area (Å²) in [6, 6.07) is 6.05. The Morgan fingerprint density at radius 3 is 2.71 bits per heavy atom. The highest BCUT2D eigenvalue weighted by molar-refractivity contribution is 5.77. The zero-order valence-corrected chi connectivity index (χ0v) is 13.3. The van der Waals surface area contributed by atoms with Gasteiger partial charge in [-0.05, 0) is 37.6 Å². The smallest absolute Gasteiger partial charge is 0.236 e. The van der Waals surface area contributed by atoms with Crippen LogP contribution in [-0.4, -0.2) is 57.1 Å². The van der Waals surface area contributed by atoms with E-state index in [0.29, 0.717) is 6.54 Å². The van der Waals surface area contributed by atoms with Gasteiger partial charge in [-0.25, -0.2) is 0 Å². The van der Waals surface area contributed by atoms with E-state index in [2.05, 4.69) is 4.90 Å². The molecule has 5 heteroatoms. The molecule has 0 bridgehead atoms. The second-order valence-corrected chi connectivity index (χ2v) is 5.52. The van der Waals surface area contributed by atoms with Crippen molar-refractivity contribution in [3.05, 3.63) is 23.8 Å². The van der Waals surface area contributed by atoms with Crippen LogP contribution >= 0.6 is 0 Å². The number of likely N-dealkylation sites (N-methyl/N-ethyl adjacent to an activating group) is 1. The van der Waals surface area contributed by atoms with Crippen LogP contribution in [0.4, 0.5) is 0 Å². The lowest BCUT2D eigenvalue weighted by molar-refractivity contribution is -0.130. The van der Waals surface area contributed by atoms with Gasteiger partial charge in [0.2, 0.25) is 5.91 Å². The molecule has 0 N–H and O–H groups in total. The summed E-state index contributed by atoms with van der Waals surface area (Å²) in [5, 5.41) is 0. The van der Waals surface area contributed by atoms with E-state index in [1.54, 1.807) is 33.2 Å². The molecule has 1 fully saturated rings. The van der Waals surface area contributed by atoms with E-state index in [-0.39, 0.29) is 11.9 Å². The minimum absolute atomic E-state index is 0.128. The van der Waals surface area contributed by atoms with E-state index in [1.165, 1.54) is 0 Å². The number of nitrogens with zero attached hydrogens (tertiary/aromatic N) is 2. The lowest BCUT2D eigenvalue weighted by Gasteiger charge is -2.27. The molecule has 5 nitrogen and oxygen atoms in total. The third-order valence-electron chi connectivity index (χ3n) is 4.00. The average Bonchev–Trinajstić information content (AvgIpc) is 2.94. The third-order valence-corrected chi connectivity index (χ3v) is 4.00. The molecule has 1 aromatic carbocycles. The van der Waals surface area contributed by atoms with Gasteiger partial charge >= 0.3 is 0 Å². The van der Waals surface area contributed by atoms with Gasteiger partial charge in [0.25, 0.3) is 0 Å². The molecule has 1 unspecified atom stereocenters. The van der Waals surface area contributed by atoms with Crippen molar-refractivity contribution in [2.75, 3.05) is 41.4 Å². The minimum atomic E-state index is 0.128. The van der Waals surface area contributed by atoms with Crippen LogP contribution < -0.4 is 9.47 Å². The number of ether oxygens (including phenoxy) is 2. The van der Waals surface area contributed by atoms with Gasteiger partial charge in [-0.2, -0.15) is 0 Å². The van der Waals surface area contributed by atoms with E-state index < -0.39 is 0 Å². The minimum Gasteiger partial charge on any atom is -0.497 e. The molecule has 0 saturated carbocycles. The SMILES string of the molecule is COc1ccc(OC)c(C2CCCN2CC(=O)N(C)C)c1. The summed E-state index contributed by atoms with van der Waals surface area (Å²) in [5.41, 5.74) is 1.10. The summed E-state index contributed by atoms with van der Waals surface area (Å²) in [6.07, 6.45) is 2.12. The Labute approximate surface area is 126 Å². The normalized spacial score (nSPS) is 18.6. The average molecular weight is 292 g/mol. The Balaban J connectivity index is 2.24. The van der Waals surface area contributed by atoms with Gasteiger partial charge in [-0.15, -0.1) is 0 Å². The van der Waals surface area contributed by atoms with Gasteiger partial charge in [0.05, 0.1) is 20.8 Å². The molecule has 0 aromatic heterocycles. The third kappa shape index (κ3) is 3.47. The van der Waals surface area contributed by atoms with E-state index >= 15 is 0 Å². The first-order chi connectivity index (χ1) is 10.1. The van der Waals surface area contributed by atoms with Crippen LogP contribution in [0.2, 0.25) is 0 Å². The molecule has 1 atom stereocenters. The van der Waals surface area contributed by atoms with Crippen molar-refractivity contribution in [1.29, 1.82) is 0 Å². The molecule has 1 saturated heterocycles. The van der Waals surface area contributed by atoms with Crippen molar-refractivity contribution in [3.8, 4) is 11.5 Å². The van der Waals surface area contributed by atoms with Crippen LogP contribution in [0.25, 0.3) is 0 Å². The van der Waals surface area contributed by atoms with Crippen LogP contribution in [0, 0.1) is 0 Å². The van der Waals surface area contributed by atoms with E-state index in [9.17, 15) is 4.79 Å². The van der Waals surface area contributed by atoms with Crippen molar-refractivity contribution in [2.24, 2.45) is 0 Å². The number of carbonyl (C=O) groups is 1. The number of carbonyl (C=O) groups excluding carboxylic acids is 1. The van der Waals surface area contributed by atoms with Crippen molar-refractivity contribution in [3.63, 3.8) is 0 Å². The highest BCUT2D eigenvalue weighted by Crippen LogP contribution is 2.38. The number of hydrogen-bond acceptors (Lipinski definition) is 4. The van der Waals surface area contributed by atoms with Crippen LogP contribution in [-0.2, 0) is 4.79 Å². The molecule has 1 aliphatic rings. The van der Waals surface area contributed by atoms with Crippen molar-refractivity contribution in [1.82, 2.24) is 9.80 Å². The van der Waals surface area contributed by atoms with E-state index in [0.717, 1.165) is 36.4 Å². The molecule has 21 heavy (non-hydrogen) atoms. The van der Waals surface area contributed by atoms with Gasteiger partial charge in [0.1, 0.15) is 11.5 Å². The number of rotatable bonds is 5. The fourth-order valence-electron chi connectivity index (χ4n) is 2.78. The molecule has 1 heterocycles. The molecule has 1 aliphatic heterocycles. The first-order valence-electron chi connectivity index (χ1n) is 7.23. The summed E-state index contributed by atoms with van der Waals surface area (Å²) < 4.78 is 10.8. The number of hydrogen-bond donors (Lipinski definition) is 0. The van der Waals surface area contributed by atoms with Crippen LogP contribution in [0.5, 0.6) is 11.5 Å². The van der Waals surface area contributed by atoms with Crippen molar-refractivity contribution >= 4 is 5.91 Å². The summed E-state index contributed by atoms with van der Waals surface area (Å²) in [7, 11) is 6.92. The van der Waals surface area contributed by atoms with E-state index in [4.69, 9.17) is 9.47 Å². The maximum atomic E-state index is 12.0. The van der Waals surface area contributed by atoms with Gasteiger partial charge in [-0.1, -0.05) is 0 Å². The molecule has 0 radical (unpaired) electrons. The Morgan fingerprint density at radius 2 is 2.10 bits per heavy atom. The van der Waals surface area contributed by atoms with Gasteiger partial charge in [0, 0.05) is 25.7 Å². The molecular weight excluding hydrogens is 268 g/mol. The molecule has 2 rings (SSSR count). The molecule has 0 spiro atoms. The highest BCUT2D eigenvalue weighted by atomic mass is 16.5. The Morgan fingerprint density at radius 1 is 1.33 bits per heavy atom. The van der Waals surface area contributed by atoms with Crippen molar-refractivity contribution in [2.45, 2.75) is 18.9 Å². The molecule has 1 amide bonds. The fraction of sp³-hybridized carbons (Fsp3) is 0.562. The largest absolute Gasteiger partial charge is 0.497 e. The lowest BCUT2D eigenvalue weighted by Crippen LogP contribution is -2.36. The maximum absolute atomic E-state index is 12.0. The number of amides is 1. The fourth-order valence-corrected chi connectivity index (χ4v) is 2.78. The first kappa shape index (κ1) is 15.6. The summed E-state index contributed by atoms with van der Waals surface area (Å²) >= 11 is 0. The zero-order chi connectivity index (χ0) is 15.4. The second-order valence-electron chi connectivity index (χ2n) is 5.52. The predicted molar refractivity (Wildman–Crippen MR) is 81.8 cm³/mol. The Hall–Kier alpha value is -1.75. The predicted octanol–water partition coefficient (Wildman–Crippen LogP) is 1.93. The second kappa shape index (κ2) is 6.80. The highest BCUT2D eigenvalue weighted by Gasteiger charge is 2.30. The van der Waals surface area contributed by atoms with Crippen LogP contribution in [0.15, 0.2) is 18.2 Å². The number of methoxy groups -OCH3 is 2. The van der Waals surface area contributed by atoms with Gasteiger partial charge in [0.15, 0.2) is 0 Å². The van der Waals surface area contributed by atoms with Crippen molar-refractivity contribution < 1.29 is 14.3 Å². The summed E-state index contributed by atoms with van der Waals surface area (Å²) in [6.45, 7) is 1.38. The monoisotopic (exact) mass is 292 g/mol. The summed E-state index contributed by atoms with van der Waals surface area (Å²) in [4.78, 5) is 15.8. The molecule has 0 aliphatic carbocycles. The summed E-state index contributed by atoms with van der Waals surface area (Å²) in [5.74, 6) is 1.80. The first-order valence-corrected chi connectivity index (χ1v) is 7.23. The maximum Gasteiger partial charge on any atom is 0.236 e. The van der Waals surface area contributed by atoms with Crippen LogP contribution in [0.1, 0.15) is 24.4 Å². The molecular formula is C16H24N2O3. The molecule has 116 valence electrons. The van der Waals surface area contributed by atoms with Gasteiger partial charge in [-0.3, -0.25) is 9.69 Å². The Bertz CT molecular complexity index is 502. The number of benzene rings is 1. The van der Waals surface area contributed by atoms with Crippen LogP contribution in [0.3, 0.4) is 0 Å². The topological polar surface area (TPSA) is 42.0 Å². The number of likely N-dealkylation sites (tertiary alicyclic amines) is 1. The lowest BCUT2D eigenvalue weighted by atomic mass is 10.0. The zero-order valence-electron chi connectivity index (χ0n) is 13.3. The quantitative estimate of drug-likeness (QED) is 0.831. The molecule has 1 aromatic rings. The van der Waals surface area contributed by atoms with Gasteiger partial charge < -0.3 is 14.4 Å². The van der Waals surface area contributed by atoms with E-state index in [1.807, 2.05) is 18.2 Å². The standard InChI is InChI=1S/C16H24N2O3/c1-17(2)16(19)11-18-9-5-6-14(18)13-10-12(20-3)7-8-15(13)21-4/h7-8,10,14H,5-6,9,11H2,1-4H3. The Kier molecular flexibility index (Phi) is 5.07.